The van der Waals surface area contributed by atoms with E-state index in [0.717, 1.165) is 27.4 Å². The first-order valence-electron chi connectivity index (χ1n) is 9.17. The fourth-order valence-electron chi connectivity index (χ4n) is 3.35. The number of amides is 1. The van der Waals surface area contributed by atoms with Gasteiger partial charge in [-0.3, -0.25) is 4.79 Å². The fraction of sp³-hybridized carbons (Fsp3) is 0.182. The molecular weight excluding hydrogens is 388 g/mol. The molecule has 0 atom stereocenters. The Morgan fingerprint density at radius 3 is 2.55 bits per heavy atom. The van der Waals surface area contributed by atoms with Gasteiger partial charge in [0.1, 0.15) is 16.2 Å². The van der Waals surface area contributed by atoms with Crippen LogP contribution in [0.2, 0.25) is 0 Å². The summed E-state index contributed by atoms with van der Waals surface area (Å²) in [4.78, 5) is 27.1. The van der Waals surface area contributed by atoms with Gasteiger partial charge < -0.3 is 19.8 Å². The molecule has 2 aromatic heterocycles. The molecule has 148 valence electrons. The number of carbonyl (C=O) groups excluding carboxylic acids is 1. The SMILES string of the molecule is COc1ccc2[nH]c(=O)c3sccc3c2c1-c1ccc(OC(=O)NC(C)C)cc1. The average molecular weight is 408 g/mol. The zero-order valence-electron chi connectivity index (χ0n) is 16.2. The van der Waals surface area contributed by atoms with E-state index in [9.17, 15) is 9.59 Å². The van der Waals surface area contributed by atoms with E-state index >= 15 is 0 Å². The summed E-state index contributed by atoms with van der Waals surface area (Å²) in [6.07, 6.45) is -0.493. The predicted molar refractivity (Wildman–Crippen MR) is 116 cm³/mol. The Kier molecular flexibility index (Phi) is 4.98. The third kappa shape index (κ3) is 3.56. The first kappa shape index (κ1) is 19.0. The normalized spacial score (nSPS) is 11.2. The number of carbonyl (C=O) groups is 1. The predicted octanol–water partition coefficient (Wildman–Crippen LogP) is 4.92. The van der Waals surface area contributed by atoms with Crippen molar-refractivity contribution in [2.45, 2.75) is 19.9 Å². The minimum atomic E-state index is -0.493. The maximum Gasteiger partial charge on any atom is 0.412 e. The molecule has 0 spiro atoms. The van der Waals surface area contributed by atoms with Crippen molar-refractivity contribution >= 4 is 38.4 Å². The summed E-state index contributed by atoms with van der Waals surface area (Å²) in [5.41, 5.74) is 2.42. The molecule has 4 aromatic rings. The summed E-state index contributed by atoms with van der Waals surface area (Å²) < 4.78 is 11.6. The van der Waals surface area contributed by atoms with Crippen LogP contribution in [-0.2, 0) is 0 Å². The minimum Gasteiger partial charge on any atom is -0.496 e. The van der Waals surface area contributed by atoms with E-state index in [1.165, 1.54) is 11.3 Å². The molecule has 0 saturated carbocycles. The van der Waals surface area contributed by atoms with E-state index in [2.05, 4.69) is 10.3 Å². The third-order valence-corrected chi connectivity index (χ3v) is 5.45. The van der Waals surface area contributed by atoms with Gasteiger partial charge in [-0.2, -0.15) is 0 Å². The third-order valence-electron chi connectivity index (χ3n) is 4.54. The standard InChI is InChI=1S/C22H20N2O4S/c1-12(2)23-22(26)28-14-6-4-13(5-7-14)18-17(27-3)9-8-16-19(18)15-10-11-29-20(15)21(25)24-16/h4-12H,1-3H3,(H,23,26)(H,24,25). The Morgan fingerprint density at radius 1 is 1.10 bits per heavy atom. The molecule has 0 fully saturated rings. The van der Waals surface area contributed by atoms with Crippen LogP contribution in [0.4, 0.5) is 4.79 Å². The van der Waals surface area contributed by atoms with Gasteiger partial charge in [0.05, 0.1) is 7.11 Å². The van der Waals surface area contributed by atoms with Gasteiger partial charge in [-0.25, -0.2) is 4.79 Å². The smallest absolute Gasteiger partial charge is 0.412 e. The summed E-state index contributed by atoms with van der Waals surface area (Å²) in [7, 11) is 1.62. The lowest BCUT2D eigenvalue weighted by atomic mass is 9.97. The molecule has 2 heterocycles. The zero-order valence-corrected chi connectivity index (χ0v) is 17.1. The highest BCUT2D eigenvalue weighted by molar-refractivity contribution is 7.17. The van der Waals surface area contributed by atoms with E-state index in [1.807, 2.05) is 49.6 Å². The Balaban J connectivity index is 1.84. The summed E-state index contributed by atoms with van der Waals surface area (Å²) in [5, 5.41) is 6.41. The second-order valence-corrected chi connectivity index (χ2v) is 7.81. The van der Waals surface area contributed by atoms with E-state index in [4.69, 9.17) is 9.47 Å². The van der Waals surface area contributed by atoms with E-state index in [0.29, 0.717) is 16.2 Å². The Labute approximate surface area is 171 Å². The Morgan fingerprint density at radius 2 is 1.86 bits per heavy atom. The van der Waals surface area contributed by atoms with Gasteiger partial charge in [-0.1, -0.05) is 12.1 Å². The minimum absolute atomic E-state index is 0.00288. The molecule has 7 heteroatoms. The second kappa shape index (κ2) is 7.60. The van der Waals surface area contributed by atoms with Crippen LogP contribution in [0, 0.1) is 0 Å². The van der Waals surface area contributed by atoms with Crippen molar-refractivity contribution < 1.29 is 14.3 Å². The van der Waals surface area contributed by atoms with Crippen molar-refractivity contribution in [3.8, 4) is 22.6 Å². The van der Waals surface area contributed by atoms with E-state index in [-0.39, 0.29) is 11.6 Å². The van der Waals surface area contributed by atoms with Crippen LogP contribution >= 0.6 is 11.3 Å². The second-order valence-electron chi connectivity index (χ2n) is 6.90. The number of aromatic nitrogens is 1. The maximum atomic E-state index is 12.3. The Bertz CT molecular complexity index is 1260. The van der Waals surface area contributed by atoms with Crippen LogP contribution in [0.1, 0.15) is 13.8 Å². The summed E-state index contributed by atoms with van der Waals surface area (Å²) in [6.45, 7) is 3.74. The van der Waals surface area contributed by atoms with Crippen LogP contribution in [0.5, 0.6) is 11.5 Å². The van der Waals surface area contributed by atoms with Gasteiger partial charge in [-0.15, -0.1) is 11.3 Å². The first-order chi connectivity index (χ1) is 14.0. The van der Waals surface area contributed by atoms with Crippen LogP contribution in [-0.4, -0.2) is 24.2 Å². The number of benzene rings is 2. The first-order valence-corrected chi connectivity index (χ1v) is 10.0. The van der Waals surface area contributed by atoms with Gasteiger partial charge in [0.15, 0.2) is 0 Å². The van der Waals surface area contributed by atoms with Crippen molar-refractivity contribution in [2.24, 2.45) is 0 Å². The number of aromatic amines is 1. The summed E-state index contributed by atoms with van der Waals surface area (Å²) in [5.74, 6) is 1.14. The largest absolute Gasteiger partial charge is 0.496 e. The van der Waals surface area contributed by atoms with E-state index in [1.54, 1.807) is 19.2 Å². The molecule has 2 aromatic carbocycles. The molecule has 0 bridgehead atoms. The molecule has 2 N–H and O–H groups in total. The molecular formula is C22H20N2O4S. The average Bonchev–Trinajstić information content (AvgIpc) is 3.18. The molecule has 0 aliphatic carbocycles. The molecule has 6 nitrogen and oxygen atoms in total. The van der Waals surface area contributed by atoms with Crippen molar-refractivity contribution in [1.29, 1.82) is 0 Å². The van der Waals surface area contributed by atoms with E-state index < -0.39 is 6.09 Å². The maximum absolute atomic E-state index is 12.3. The number of fused-ring (bicyclic) bond motifs is 3. The number of methoxy groups -OCH3 is 1. The highest BCUT2D eigenvalue weighted by Crippen LogP contribution is 2.40. The monoisotopic (exact) mass is 408 g/mol. The number of pyridine rings is 1. The molecule has 0 radical (unpaired) electrons. The van der Waals surface area contributed by atoms with Crippen LogP contribution in [0.15, 0.2) is 52.6 Å². The van der Waals surface area contributed by atoms with Crippen LogP contribution in [0.25, 0.3) is 32.1 Å². The van der Waals surface area contributed by atoms with Gasteiger partial charge >= 0.3 is 6.09 Å². The van der Waals surface area contributed by atoms with Gasteiger partial charge in [0.2, 0.25) is 0 Å². The zero-order chi connectivity index (χ0) is 20.5. The van der Waals surface area contributed by atoms with Gasteiger partial charge in [-0.05, 0) is 55.1 Å². The number of hydrogen-bond donors (Lipinski definition) is 2. The Hall–Kier alpha value is -3.32. The van der Waals surface area contributed by atoms with Gasteiger partial charge in [0, 0.05) is 27.9 Å². The van der Waals surface area contributed by atoms with Crippen molar-refractivity contribution in [1.82, 2.24) is 10.3 Å². The van der Waals surface area contributed by atoms with Crippen molar-refractivity contribution in [3.05, 3.63) is 58.2 Å². The molecule has 1 amide bonds. The highest BCUT2D eigenvalue weighted by Gasteiger charge is 2.16. The highest BCUT2D eigenvalue weighted by atomic mass is 32.1. The molecule has 29 heavy (non-hydrogen) atoms. The molecule has 0 unspecified atom stereocenters. The topological polar surface area (TPSA) is 80.4 Å². The van der Waals surface area contributed by atoms with Gasteiger partial charge in [0.25, 0.3) is 5.56 Å². The number of thiophene rings is 1. The summed E-state index contributed by atoms with van der Waals surface area (Å²) >= 11 is 1.41. The molecule has 0 saturated heterocycles. The van der Waals surface area contributed by atoms with Crippen molar-refractivity contribution in [2.75, 3.05) is 7.11 Å². The number of H-pyrrole nitrogens is 1. The number of hydrogen-bond acceptors (Lipinski definition) is 5. The summed E-state index contributed by atoms with van der Waals surface area (Å²) in [6, 6.07) is 12.9. The van der Waals surface area contributed by atoms with Crippen LogP contribution < -0.4 is 20.3 Å². The number of nitrogens with one attached hydrogen (secondary N) is 2. The molecule has 0 aliphatic heterocycles. The van der Waals surface area contributed by atoms with Crippen LogP contribution in [0.3, 0.4) is 0 Å². The molecule has 0 aliphatic rings. The number of rotatable bonds is 4. The lowest BCUT2D eigenvalue weighted by Gasteiger charge is -2.14. The lowest BCUT2D eigenvalue weighted by molar-refractivity contribution is 0.198. The van der Waals surface area contributed by atoms with Crippen molar-refractivity contribution in [3.63, 3.8) is 0 Å². The quantitative estimate of drug-likeness (QED) is 0.502. The molecule has 4 rings (SSSR count). The fourth-order valence-corrected chi connectivity index (χ4v) is 4.14. The number of ether oxygens (including phenoxy) is 2. The lowest BCUT2D eigenvalue weighted by Crippen LogP contribution is -2.32.